The maximum Gasteiger partial charge on any atom is 0.358 e. The van der Waals surface area contributed by atoms with Gasteiger partial charge in [-0.1, -0.05) is 49.4 Å². The first-order chi connectivity index (χ1) is 15.9. The molecule has 34 heavy (non-hydrogen) atoms. The molecule has 2 aromatic carbocycles. The maximum atomic E-state index is 13.7. The van der Waals surface area contributed by atoms with E-state index < -0.39 is 19.2 Å². The van der Waals surface area contributed by atoms with Crippen LogP contribution in [0.3, 0.4) is 0 Å². The summed E-state index contributed by atoms with van der Waals surface area (Å²) in [7, 11) is 0.867. The first-order valence-corrected chi connectivity index (χ1v) is 13.0. The molecule has 1 fully saturated rings. The molecule has 0 aromatic heterocycles. The fraction of sp³-hybridized carbons (Fsp3) is 0.538. The molecular weight excluding hydrogens is 455 g/mol. The molecule has 0 saturated carbocycles. The highest BCUT2D eigenvalue weighted by Gasteiger charge is 2.43. The van der Waals surface area contributed by atoms with Crippen LogP contribution < -0.4 is 0 Å². The van der Waals surface area contributed by atoms with Crippen molar-refractivity contribution in [1.29, 1.82) is 0 Å². The number of benzene rings is 2. The van der Waals surface area contributed by atoms with Crippen LogP contribution in [0.15, 0.2) is 54.4 Å². The predicted molar refractivity (Wildman–Crippen MR) is 133 cm³/mol. The van der Waals surface area contributed by atoms with Crippen LogP contribution in [0, 0.1) is 5.92 Å². The predicted octanol–water partition coefficient (Wildman–Crippen LogP) is 6.44. The molecule has 0 radical (unpaired) electrons. The number of methoxy groups -OCH3 is 3. The highest BCUT2D eigenvalue weighted by Crippen LogP contribution is 2.56. The third-order valence-electron chi connectivity index (χ3n) is 6.18. The van der Waals surface area contributed by atoms with E-state index in [2.05, 4.69) is 31.2 Å². The van der Waals surface area contributed by atoms with E-state index in [1.54, 1.807) is 40.9 Å². The molecule has 1 heterocycles. The van der Waals surface area contributed by atoms with Crippen LogP contribution in [0.1, 0.15) is 46.3 Å². The van der Waals surface area contributed by atoms with E-state index in [1.165, 1.54) is 20.0 Å². The van der Waals surface area contributed by atoms with Crippen molar-refractivity contribution in [2.45, 2.75) is 64.5 Å². The second-order valence-electron chi connectivity index (χ2n) is 9.42. The molecular formula is C26H37O7P. The molecule has 1 aliphatic rings. The van der Waals surface area contributed by atoms with Crippen molar-refractivity contribution in [2.24, 2.45) is 5.92 Å². The molecule has 4 atom stereocenters. The SMILES string of the molecule is CO[C@@H]1[C@H](C)[C@@H](/C=C/P(=O)(OC(C)(C)OC)OC(C)(C)OC)O[C@H]1c1cccc2ccccc12. The zero-order chi connectivity index (χ0) is 25.1. The summed E-state index contributed by atoms with van der Waals surface area (Å²) >= 11 is 0. The average Bonchev–Trinajstić information content (AvgIpc) is 3.11. The van der Waals surface area contributed by atoms with E-state index in [0.29, 0.717) is 0 Å². The lowest BCUT2D eigenvalue weighted by atomic mass is 9.92. The largest absolute Gasteiger partial charge is 0.378 e. The van der Waals surface area contributed by atoms with Crippen molar-refractivity contribution in [1.82, 2.24) is 0 Å². The molecule has 0 bridgehead atoms. The normalized spacial score (nSPS) is 24.4. The van der Waals surface area contributed by atoms with Gasteiger partial charge in [-0.25, -0.2) is 0 Å². The zero-order valence-electron chi connectivity index (χ0n) is 21.3. The van der Waals surface area contributed by atoms with Gasteiger partial charge in [-0.3, -0.25) is 13.6 Å². The average molecular weight is 493 g/mol. The Morgan fingerprint density at radius 2 is 1.50 bits per heavy atom. The lowest BCUT2D eigenvalue weighted by Gasteiger charge is -2.32. The number of hydrogen-bond acceptors (Lipinski definition) is 7. The van der Waals surface area contributed by atoms with Gasteiger partial charge >= 0.3 is 7.60 Å². The Balaban J connectivity index is 1.92. The molecule has 1 saturated heterocycles. The lowest BCUT2D eigenvalue weighted by molar-refractivity contribution is -0.171. The highest BCUT2D eigenvalue weighted by atomic mass is 31.2. The molecule has 0 amide bonds. The van der Waals surface area contributed by atoms with Crippen molar-refractivity contribution in [3.63, 3.8) is 0 Å². The number of ether oxygens (including phenoxy) is 4. The molecule has 0 aliphatic carbocycles. The molecule has 0 unspecified atom stereocenters. The monoisotopic (exact) mass is 492 g/mol. The number of rotatable bonds is 10. The second kappa shape index (κ2) is 10.6. The van der Waals surface area contributed by atoms with Gasteiger partial charge in [0.25, 0.3) is 0 Å². The minimum Gasteiger partial charge on any atom is -0.378 e. The summed E-state index contributed by atoms with van der Waals surface area (Å²) in [6, 6.07) is 14.4. The molecule has 7 nitrogen and oxygen atoms in total. The van der Waals surface area contributed by atoms with Crippen LogP contribution in [0.25, 0.3) is 10.8 Å². The quantitative estimate of drug-likeness (QED) is 0.279. The topological polar surface area (TPSA) is 72.5 Å². The summed E-state index contributed by atoms with van der Waals surface area (Å²) < 4.78 is 48.3. The molecule has 0 spiro atoms. The Labute approximate surface area is 202 Å². The van der Waals surface area contributed by atoms with Gasteiger partial charge in [0.2, 0.25) is 0 Å². The first-order valence-electron chi connectivity index (χ1n) is 11.4. The molecule has 8 heteroatoms. The fourth-order valence-corrected chi connectivity index (χ4v) is 6.01. The Kier molecular flexibility index (Phi) is 8.42. The summed E-state index contributed by atoms with van der Waals surface area (Å²) in [6.45, 7) is 8.73. The summed E-state index contributed by atoms with van der Waals surface area (Å²) in [6.07, 6.45) is 0.895. The Morgan fingerprint density at radius 1 is 0.912 bits per heavy atom. The van der Waals surface area contributed by atoms with Gasteiger partial charge in [0.1, 0.15) is 6.10 Å². The van der Waals surface area contributed by atoms with Gasteiger partial charge in [0.15, 0.2) is 11.6 Å². The van der Waals surface area contributed by atoms with Crippen molar-refractivity contribution in [3.05, 3.63) is 59.9 Å². The minimum absolute atomic E-state index is 0.00969. The van der Waals surface area contributed by atoms with Crippen LogP contribution in [0.5, 0.6) is 0 Å². The molecule has 2 aromatic rings. The summed E-state index contributed by atoms with van der Waals surface area (Å²) in [5, 5.41) is 2.26. The van der Waals surface area contributed by atoms with Gasteiger partial charge in [-0.05, 0) is 50.1 Å². The van der Waals surface area contributed by atoms with Crippen molar-refractivity contribution in [3.8, 4) is 0 Å². The number of fused-ring (bicyclic) bond motifs is 1. The number of hydrogen-bond donors (Lipinski definition) is 0. The summed E-state index contributed by atoms with van der Waals surface area (Å²) in [5.74, 6) is -0.836. The lowest BCUT2D eigenvalue weighted by Crippen LogP contribution is -2.30. The standard InChI is InChI=1S/C26H37O7P/c1-18-22(16-17-34(27,32-25(2,3)29-7)33-26(4,5)30-8)31-24(23(18)28-6)21-15-11-13-19-12-9-10-14-20(19)21/h9-18,22-24H,1-8H3/b17-16+/t18-,22-,23-,24+/m1/s1. The Hall–Kier alpha value is -1.57. The van der Waals surface area contributed by atoms with Crippen molar-refractivity contribution < 1.29 is 32.6 Å². The van der Waals surface area contributed by atoms with Gasteiger partial charge in [-0.15, -0.1) is 0 Å². The minimum atomic E-state index is -3.78. The van der Waals surface area contributed by atoms with Gasteiger partial charge < -0.3 is 18.9 Å². The van der Waals surface area contributed by atoms with E-state index >= 15 is 0 Å². The first kappa shape index (κ1) is 27.0. The Bertz CT molecular complexity index is 1020. The molecule has 188 valence electrons. The van der Waals surface area contributed by atoms with E-state index in [1.807, 2.05) is 18.2 Å². The van der Waals surface area contributed by atoms with Gasteiger partial charge in [0, 0.05) is 33.1 Å². The van der Waals surface area contributed by atoms with Crippen molar-refractivity contribution >= 4 is 18.4 Å². The van der Waals surface area contributed by atoms with Gasteiger partial charge in [-0.2, -0.15) is 0 Å². The summed E-state index contributed by atoms with van der Waals surface area (Å²) in [5.41, 5.74) is 1.06. The van der Waals surface area contributed by atoms with Crippen LogP contribution in [0.2, 0.25) is 0 Å². The second-order valence-corrected chi connectivity index (χ2v) is 11.2. The van der Waals surface area contributed by atoms with Crippen molar-refractivity contribution in [2.75, 3.05) is 21.3 Å². The fourth-order valence-electron chi connectivity index (χ4n) is 4.10. The summed E-state index contributed by atoms with van der Waals surface area (Å²) in [4.78, 5) is 0. The molecule has 1 aliphatic heterocycles. The zero-order valence-corrected chi connectivity index (χ0v) is 22.2. The third-order valence-corrected chi connectivity index (χ3v) is 8.10. The Morgan fingerprint density at radius 3 is 2.09 bits per heavy atom. The van der Waals surface area contributed by atoms with E-state index in [4.69, 9.17) is 28.0 Å². The third kappa shape index (κ3) is 6.16. The van der Waals surface area contributed by atoms with Crippen LogP contribution in [-0.4, -0.2) is 45.1 Å². The molecule has 0 N–H and O–H groups in total. The van der Waals surface area contributed by atoms with Crippen LogP contribution in [-0.2, 0) is 32.6 Å². The van der Waals surface area contributed by atoms with E-state index in [-0.39, 0.29) is 24.2 Å². The van der Waals surface area contributed by atoms with E-state index in [9.17, 15) is 4.57 Å². The highest BCUT2D eigenvalue weighted by molar-refractivity contribution is 7.57. The van der Waals surface area contributed by atoms with Gasteiger partial charge in [0.05, 0.1) is 12.2 Å². The van der Waals surface area contributed by atoms with Crippen LogP contribution >= 0.6 is 7.60 Å². The van der Waals surface area contributed by atoms with Crippen LogP contribution in [0.4, 0.5) is 0 Å². The smallest absolute Gasteiger partial charge is 0.358 e. The molecule has 3 rings (SSSR count). The maximum absolute atomic E-state index is 13.7. The van der Waals surface area contributed by atoms with E-state index in [0.717, 1.165) is 16.3 Å².